The first-order chi connectivity index (χ1) is 8.65. The molecule has 1 atom stereocenters. The Morgan fingerprint density at radius 1 is 1.33 bits per heavy atom. The number of aliphatic hydroxyl groups is 1. The number of nitrogens with zero attached hydrogens (tertiary/aromatic N) is 2. The molecule has 1 fully saturated rings. The Morgan fingerprint density at radius 3 is 2.50 bits per heavy atom. The molecule has 18 heavy (non-hydrogen) atoms. The van der Waals surface area contributed by atoms with E-state index >= 15 is 0 Å². The summed E-state index contributed by atoms with van der Waals surface area (Å²) < 4.78 is 1.86. The molecule has 1 N–H and O–H groups in total. The molecule has 1 unspecified atom stereocenters. The summed E-state index contributed by atoms with van der Waals surface area (Å²) in [7, 11) is 1.94. The molecule has 0 radical (unpaired) electrons. The molecule has 1 heterocycles. The van der Waals surface area contributed by atoms with Crippen molar-refractivity contribution >= 4 is 0 Å². The molecule has 0 amide bonds. The van der Waals surface area contributed by atoms with Gasteiger partial charge in [-0.05, 0) is 37.2 Å². The summed E-state index contributed by atoms with van der Waals surface area (Å²) in [6.07, 6.45) is 6.75. The lowest BCUT2D eigenvalue weighted by molar-refractivity contribution is 0.0665. The first-order valence-electron chi connectivity index (χ1n) is 7.36. The van der Waals surface area contributed by atoms with Crippen molar-refractivity contribution in [3.63, 3.8) is 0 Å². The third kappa shape index (κ3) is 2.77. The minimum absolute atomic E-state index is 0.333. The Bertz CT molecular complexity index is 378. The molecule has 2 rings (SSSR count). The van der Waals surface area contributed by atoms with Gasteiger partial charge in [0.15, 0.2) is 0 Å². The Labute approximate surface area is 110 Å². The van der Waals surface area contributed by atoms with Crippen molar-refractivity contribution in [2.45, 2.75) is 58.5 Å². The molecule has 1 aliphatic rings. The van der Waals surface area contributed by atoms with Gasteiger partial charge in [0.2, 0.25) is 0 Å². The first kappa shape index (κ1) is 13.6. The zero-order valence-corrected chi connectivity index (χ0v) is 11.9. The molecule has 1 saturated carbocycles. The van der Waals surface area contributed by atoms with Gasteiger partial charge in [-0.2, -0.15) is 5.10 Å². The van der Waals surface area contributed by atoms with Gasteiger partial charge in [-0.15, -0.1) is 0 Å². The van der Waals surface area contributed by atoms with Crippen molar-refractivity contribution in [3.8, 4) is 0 Å². The van der Waals surface area contributed by atoms with E-state index in [0.29, 0.717) is 5.92 Å². The van der Waals surface area contributed by atoms with Crippen LogP contribution in [0.4, 0.5) is 0 Å². The van der Waals surface area contributed by atoms with Crippen LogP contribution in [-0.2, 0) is 13.5 Å². The van der Waals surface area contributed by atoms with E-state index in [-0.39, 0.29) is 6.10 Å². The van der Waals surface area contributed by atoms with Crippen LogP contribution in [-0.4, -0.2) is 14.9 Å². The molecule has 0 spiro atoms. The van der Waals surface area contributed by atoms with Crippen LogP contribution in [0.15, 0.2) is 6.07 Å². The minimum Gasteiger partial charge on any atom is -0.387 e. The summed E-state index contributed by atoms with van der Waals surface area (Å²) in [5.41, 5.74) is 2.07. The molecule has 1 aliphatic carbocycles. The van der Waals surface area contributed by atoms with Crippen molar-refractivity contribution in [1.29, 1.82) is 0 Å². The summed E-state index contributed by atoms with van der Waals surface area (Å²) >= 11 is 0. The van der Waals surface area contributed by atoms with Crippen molar-refractivity contribution in [3.05, 3.63) is 17.5 Å². The molecule has 102 valence electrons. The van der Waals surface area contributed by atoms with Crippen LogP contribution in [0.2, 0.25) is 0 Å². The highest BCUT2D eigenvalue weighted by molar-refractivity contribution is 5.13. The Kier molecular flexibility index (Phi) is 4.44. The van der Waals surface area contributed by atoms with E-state index < -0.39 is 0 Å². The maximum Gasteiger partial charge on any atom is 0.0984 e. The Morgan fingerprint density at radius 2 is 2.00 bits per heavy atom. The van der Waals surface area contributed by atoms with E-state index in [9.17, 15) is 5.11 Å². The standard InChI is InChI=1S/C15H26N2O/c1-4-11-6-8-12(9-7-11)15(18)14-10-13(5-2)16-17(14)3/h10-12,15,18H,4-9H2,1-3H3. The summed E-state index contributed by atoms with van der Waals surface area (Å²) in [6.45, 7) is 4.38. The van der Waals surface area contributed by atoms with Gasteiger partial charge in [-0.1, -0.05) is 33.1 Å². The fourth-order valence-electron chi connectivity index (χ4n) is 3.15. The number of aromatic nitrogens is 2. The molecular formula is C15H26N2O. The maximum atomic E-state index is 10.5. The van der Waals surface area contributed by atoms with Crippen molar-refractivity contribution in [2.24, 2.45) is 18.9 Å². The molecule has 0 saturated heterocycles. The highest BCUT2D eigenvalue weighted by atomic mass is 16.3. The fourth-order valence-corrected chi connectivity index (χ4v) is 3.15. The van der Waals surface area contributed by atoms with E-state index in [0.717, 1.165) is 36.6 Å². The highest BCUT2D eigenvalue weighted by Gasteiger charge is 2.28. The number of hydrogen-bond donors (Lipinski definition) is 1. The van der Waals surface area contributed by atoms with Gasteiger partial charge < -0.3 is 5.11 Å². The largest absolute Gasteiger partial charge is 0.387 e. The van der Waals surface area contributed by atoms with Crippen LogP contribution in [0.1, 0.15) is 63.4 Å². The van der Waals surface area contributed by atoms with Crippen LogP contribution in [0, 0.1) is 11.8 Å². The number of hydrogen-bond acceptors (Lipinski definition) is 2. The van der Waals surface area contributed by atoms with E-state index in [1.165, 1.54) is 19.3 Å². The zero-order chi connectivity index (χ0) is 13.1. The van der Waals surface area contributed by atoms with Gasteiger partial charge in [-0.3, -0.25) is 4.68 Å². The van der Waals surface area contributed by atoms with Crippen LogP contribution >= 0.6 is 0 Å². The molecule has 0 bridgehead atoms. The highest BCUT2D eigenvalue weighted by Crippen LogP contribution is 2.37. The molecular weight excluding hydrogens is 224 g/mol. The predicted molar refractivity (Wildman–Crippen MR) is 73.3 cm³/mol. The predicted octanol–water partition coefficient (Wildman–Crippen LogP) is 3.23. The van der Waals surface area contributed by atoms with Crippen molar-refractivity contribution < 1.29 is 5.11 Å². The second-order valence-electron chi connectivity index (χ2n) is 5.67. The monoisotopic (exact) mass is 250 g/mol. The second-order valence-corrected chi connectivity index (χ2v) is 5.67. The van der Waals surface area contributed by atoms with Gasteiger partial charge in [-0.25, -0.2) is 0 Å². The normalized spacial score (nSPS) is 26.2. The molecule has 3 nitrogen and oxygen atoms in total. The van der Waals surface area contributed by atoms with Gasteiger partial charge >= 0.3 is 0 Å². The Balaban J connectivity index is 2.02. The number of aliphatic hydroxyl groups excluding tert-OH is 1. The van der Waals surface area contributed by atoms with Gasteiger partial charge in [0.1, 0.15) is 0 Å². The van der Waals surface area contributed by atoms with E-state index in [2.05, 4.69) is 25.0 Å². The second kappa shape index (κ2) is 5.87. The van der Waals surface area contributed by atoms with E-state index in [1.54, 1.807) is 0 Å². The minimum atomic E-state index is -0.333. The topological polar surface area (TPSA) is 38.0 Å². The smallest absolute Gasteiger partial charge is 0.0984 e. The Hall–Kier alpha value is -0.830. The average Bonchev–Trinajstić information content (AvgIpc) is 2.79. The zero-order valence-electron chi connectivity index (χ0n) is 11.9. The van der Waals surface area contributed by atoms with Crippen molar-refractivity contribution in [2.75, 3.05) is 0 Å². The number of aryl methyl sites for hydroxylation is 2. The number of rotatable bonds is 4. The third-order valence-corrected chi connectivity index (χ3v) is 4.55. The van der Waals surface area contributed by atoms with E-state index in [1.807, 2.05) is 11.7 Å². The molecule has 1 aromatic rings. The van der Waals surface area contributed by atoms with Crippen molar-refractivity contribution in [1.82, 2.24) is 9.78 Å². The average molecular weight is 250 g/mol. The maximum absolute atomic E-state index is 10.5. The summed E-state index contributed by atoms with van der Waals surface area (Å²) in [6, 6.07) is 2.07. The van der Waals surface area contributed by atoms with Gasteiger partial charge in [0, 0.05) is 7.05 Å². The fraction of sp³-hybridized carbons (Fsp3) is 0.800. The molecule has 3 heteroatoms. The van der Waals surface area contributed by atoms with Gasteiger partial charge in [0.25, 0.3) is 0 Å². The first-order valence-corrected chi connectivity index (χ1v) is 7.36. The lowest BCUT2D eigenvalue weighted by Crippen LogP contribution is -2.21. The van der Waals surface area contributed by atoms with Gasteiger partial charge in [0.05, 0.1) is 17.5 Å². The lowest BCUT2D eigenvalue weighted by atomic mass is 9.78. The van der Waals surface area contributed by atoms with Crippen LogP contribution < -0.4 is 0 Å². The molecule has 1 aromatic heterocycles. The van der Waals surface area contributed by atoms with Crippen LogP contribution in [0.3, 0.4) is 0 Å². The third-order valence-electron chi connectivity index (χ3n) is 4.55. The summed E-state index contributed by atoms with van der Waals surface area (Å²) in [5, 5.41) is 15.0. The van der Waals surface area contributed by atoms with Crippen LogP contribution in [0.5, 0.6) is 0 Å². The SMILES string of the molecule is CCc1cc(C(O)C2CCC(CC)CC2)n(C)n1. The summed E-state index contributed by atoms with van der Waals surface area (Å²) in [4.78, 5) is 0. The quantitative estimate of drug-likeness (QED) is 0.891. The van der Waals surface area contributed by atoms with E-state index in [4.69, 9.17) is 0 Å². The molecule has 0 aliphatic heterocycles. The summed E-state index contributed by atoms with van der Waals surface area (Å²) in [5.74, 6) is 1.30. The lowest BCUT2D eigenvalue weighted by Gasteiger charge is -2.31. The van der Waals surface area contributed by atoms with Crippen LogP contribution in [0.25, 0.3) is 0 Å². The molecule has 0 aromatic carbocycles.